The lowest BCUT2D eigenvalue weighted by Crippen LogP contribution is -2.21. The number of amides is 1. The van der Waals surface area contributed by atoms with Crippen LogP contribution in [-0.2, 0) is 22.4 Å². The lowest BCUT2D eigenvalue weighted by Gasteiger charge is -2.08. The average Bonchev–Trinajstić information content (AvgIpc) is 3.01. The third-order valence-corrected chi connectivity index (χ3v) is 3.73. The largest absolute Gasteiger partial charge is 0.452 e. The van der Waals surface area contributed by atoms with Crippen molar-refractivity contribution >= 4 is 17.6 Å². The number of esters is 1. The molecule has 0 unspecified atom stereocenters. The lowest BCUT2D eigenvalue weighted by molar-refractivity contribution is -0.119. The van der Waals surface area contributed by atoms with E-state index < -0.39 is 5.97 Å². The molecular formula is C18H17NO3. The summed E-state index contributed by atoms with van der Waals surface area (Å²) in [5, 5.41) is 2.76. The zero-order valence-electron chi connectivity index (χ0n) is 12.2. The molecule has 2 aromatic carbocycles. The van der Waals surface area contributed by atoms with E-state index in [1.54, 1.807) is 24.3 Å². The van der Waals surface area contributed by atoms with E-state index in [4.69, 9.17) is 4.74 Å². The van der Waals surface area contributed by atoms with Crippen LogP contribution in [0.1, 0.15) is 27.9 Å². The third kappa shape index (κ3) is 3.34. The Morgan fingerprint density at radius 2 is 1.77 bits per heavy atom. The van der Waals surface area contributed by atoms with Gasteiger partial charge in [-0.2, -0.15) is 0 Å². The Morgan fingerprint density at radius 3 is 2.59 bits per heavy atom. The molecule has 1 aliphatic rings. The van der Waals surface area contributed by atoms with E-state index in [1.807, 2.05) is 24.3 Å². The van der Waals surface area contributed by atoms with Crippen molar-refractivity contribution in [2.45, 2.75) is 19.3 Å². The Bertz CT molecular complexity index is 695. The highest BCUT2D eigenvalue weighted by atomic mass is 16.5. The van der Waals surface area contributed by atoms with E-state index in [1.165, 1.54) is 17.5 Å². The van der Waals surface area contributed by atoms with Crippen LogP contribution in [0.4, 0.5) is 5.69 Å². The number of carbonyl (C=O) groups is 2. The number of aryl methyl sites for hydroxylation is 2. The SMILES string of the molecule is O=C(COC(=O)c1ccccc1)Nc1ccc2c(c1)CCC2. The second kappa shape index (κ2) is 6.43. The minimum atomic E-state index is -0.496. The van der Waals surface area contributed by atoms with E-state index >= 15 is 0 Å². The zero-order chi connectivity index (χ0) is 15.4. The summed E-state index contributed by atoms with van der Waals surface area (Å²) >= 11 is 0. The van der Waals surface area contributed by atoms with Crippen molar-refractivity contribution in [1.29, 1.82) is 0 Å². The number of nitrogens with one attached hydrogen (secondary N) is 1. The smallest absolute Gasteiger partial charge is 0.338 e. The molecule has 1 N–H and O–H groups in total. The molecular weight excluding hydrogens is 278 g/mol. The van der Waals surface area contributed by atoms with Crippen molar-refractivity contribution in [1.82, 2.24) is 0 Å². The van der Waals surface area contributed by atoms with Gasteiger partial charge in [0.2, 0.25) is 0 Å². The Kier molecular flexibility index (Phi) is 4.19. The van der Waals surface area contributed by atoms with Crippen LogP contribution in [0.25, 0.3) is 0 Å². The number of fused-ring (bicyclic) bond motifs is 1. The summed E-state index contributed by atoms with van der Waals surface area (Å²) in [5.41, 5.74) is 3.84. The molecule has 0 saturated heterocycles. The van der Waals surface area contributed by atoms with Gasteiger partial charge in [0.05, 0.1) is 5.56 Å². The molecule has 0 atom stereocenters. The fraction of sp³-hybridized carbons (Fsp3) is 0.222. The highest BCUT2D eigenvalue weighted by molar-refractivity contribution is 5.95. The van der Waals surface area contributed by atoms with Crippen molar-refractivity contribution in [2.24, 2.45) is 0 Å². The normalized spacial score (nSPS) is 12.5. The van der Waals surface area contributed by atoms with Gasteiger partial charge < -0.3 is 10.1 Å². The topological polar surface area (TPSA) is 55.4 Å². The molecule has 1 amide bonds. The summed E-state index contributed by atoms with van der Waals surface area (Å²) in [6.45, 7) is -0.287. The highest BCUT2D eigenvalue weighted by Gasteiger charge is 2.13. The number of anilines is 1. The molecule has 3 rings (SSSR count). The summed E-state index contributed by atoms with van der Waals surface area (Å²) in [4.78, 5) is 23.6. The van der Waals surface area contributed by atoms with Crippen LogP contribution in [0.5, 0.6) is 0 Å². The summed E-state index contributed by atoms with van der Waals surface area (Å²) < 4.78 is 5.00. The minimum Gasteiger partial charge on any atom is -0.452 e. The highest BCUT2D eigenvalue weighted by Crippen LogP contribution is 2.24. The van der Waals surface area contributed by atoms with Crippen molar-refractivity contribution in [3.63, 3.8) is 0 Å². The van der Waals surface area contributed by atoms with Gasteiger partial charge in [-0.25, -0.2) is 4.79 Å². The molecule has 112 valence electrons. The number of hydrogen-bond acceptors (Lipinski definition) is 3. The average molecular weight is 295 g/mol. The number of rotatable bonds is 4. The Labute approximate surface area is 129 Å². The van der Waals surface area contributed by atoms with Crippen LogP contribution >= 0.6 is 0 Å². The first-order valence-electron chi connectivity index (χ1n) is 7.36. The second-order valence-corrected chi connectivity index (χ2v) is 5.33. The number of hydrogen-bond donors (Lipinski definition) is 1. The van der Waals surface area contributed by atoms with Crippen LogP contribution in [0.2, 0.25) is 0 Å². The molecule has 0 saturated carbocycles. The molecule has 4 heteroatoms. The van der Waals surface area contributed by atoms with Crippen LogP contribution in [-0.4, -0.2) is 18.5 Å². The van der Waals surface area contributed by atoms with E-state index in [0.717, 1.165) is 18.5 Å². The zero-order valence-corrected chi connectivity index (χ0v) is 12.2. The van der Waals surface area contributed by atoms with Crippen molar-refractivity contribution in [3.05, 3.63) is 65.2 Å². The Hall–Kier alpha value is -2.62. The Balaban J connectivity index is 1.53. The van der Waals surface area contributed by atoms with Gasteiger partial charge >= 0.3 is 5.97 Å². The molecule has 0 bridgehead atoms. The maximum atomic E-state index is 11.9. The summed E-state index contributed by atoms with van der Waals surface area (Å²) in [7, 11) is 0. The third-order valence-electron chi connectivity index (χ3n) is 3.73. The molecule has 0 fully saturated rings. The summed E-state index contributed by atoms with van der Waals surface area (Å²) in [5.74, 6) is -0.827. The maximum absolute atomic E-state index is 11.9. The molecule has 1 aliphatic carbocycles. The van der Waals surface area contributed by atoms with Gasteiger partial charge in [-0.1, -0.05) is 24.3 Å². The van der Waals surface area contributed by atoms with Crippen LogP contribution < -0.4 is 5.32 Å². The van der Waals surface area contributed by atoms with Crippen molar-refractivity contribution in [3.8, 4) is 0 Å². The molecule has 0 heterocycles. The van der Waals surface area contributed by atoms with Gasteiger partial charge in [-0.15, -0.1) is 0 Å². The molecule has 2 aromatic rings. The van der Waals surface area contributed by atoms with E-state index in [2.05, 4.69) is 5.32 Å². The van der Waals surface area contributed by atoms with E-state index in [9.17, 15) is 9.59 Å². The van der Waals surface area contributed by atoms with Gasteiger partial charge in [-0.05, 0) is 54.7 Å². The summed E-state index contributed by atoms with van der Waals surface area (Å²) in [6, 6.07) is 14.6. The lowest BCUT2D eigenvalue weighted by atomic mass is 10.1. The standard InChI is InChI=1S/C18H17NO3/c20-17(12-22-18(21)14-5-2-1-3-6-14)19-16-10-9-13-7-4-8-15(13)11-16/h1-3,5-6,9-11H,4,7-8,12H2,(H,19,20). The first kappa shape index (κ1) is 14.3. The van der Waals surface area contributed by atoms with E-state index in [0.29, 0.717) is 5.56 Å². The van der Waals surface area contributed by atoms with E-state index in [-0.39, 0.29) is 12.5 Å². The fourth-order valence-corrected chi connectivity index (χ4v) is 2.64. The predicted molar refractivity (Wildman–Crippen MR) is 83.8 cm³/mol. The van der Waals surface area contributed by atoms with Gasteiger partial charge in [0.1, 0.15) is 0 Å². The van der Waals surface area contributed by atoms with Crippen LogP contribution in [0, 0.1) is 0 Å². The first-order valence-corrected chi connectivity index (χ1v) is 7.36. The maximum Gasteiger partial charge on any atom is 0.338 e. The molecule has 0 spiro atoms. The summed E-state index contributed by atoms with van der Waals surface area (Å²) in [6.07, 6.45) is 3.34. The van der Waals surface area contributed by atoms with Gasteiger partial charge in [0, 0.05) is 5.69 Å². The fourth-order valence-electron chi connectivity index (χ4n) is 2.64. The first-order chi connectivity index (χ1) is 10.7. The van der Waals surface area contributed by atoms with Crippen LogP contribution in [0.15, 0.2) is 48.5 Å². The van der Waals surface area contributed by atoms with Gasteiger partial charge in [0.15, 0.2) is 6.61 Å². The minimum absolute atomic E-state index is 0.287. The number of benzene rings is 2. The molecule has 4 nitrogen and oxygen atoms in total. The quantitative estimate of drug-likeness (QED) is 0.882. The van der Waals surface area contributed by atoms with Crippen molar-refractivity contribution < 1.29 is 14.3 Å². The molecule has 22 heavy (non-hydrogen) atoms. The number of carbonyl (C=O) groups excluding carboxylic acids is 2. The predicted octanol–water partition coefficient (Wildman–Crippen LogP) is 2.97. The van der Waals surface area contributed by atoms with Crippen LogP contribution in [0.3, 0.4) is 0 Å². The second-order valence-electron chi connectivity index (χ2n) is 5.33. The van der Waals surface area contributed by atoms with Gasteiger partial charge in [0.25, 0.3) is 5.91 Å². The van der Waals surface area contributed by atoms with Crippen molar-refractivity contribution in [2.75, 3.05) is 11.9 Å². The molecule has 0 radical (unpaired) electrons. The number of ether oxygens (including phenoxy) is 1. The monoisotopic (exact) mass is 295 g/mol. The van der Waals surface area contributed by atoms with Gasteiger partial charge in [-0.3, -0.25) is 4.79 Å². The Morgan fingerprint density at radius 1 is 1.00 bits per heavy atom. The molecule has 0 aliphatic heterocycles. The molecule has 0 aromatic heterocycles.